The summed E-state index contributed by atoms with van der Waals surface area (Å²) in [6.07, 6.45) is 3.65. The smallest absolute Gasteiger partial charge is 0.0593 e. The number of rotatable bonds is 8. The average Bonchev–Trinajstić information content (AvgIpc) is 2.45. The molecule has 1 rings (SSSR count). The minimum atomic E-state index is 0.321. The van der Waals surface area contributed by atoms with Gasteiger partial charge in [0.2, 0.25) is 0 Å². The molecule has 0 aromatic rings. The van der Waals surface area contributed by atoms with Crippen molar-refractivity contribution >= 4 is 0 Å². The van der Waals surface area contributed by atoms with Gasteiger partial charge in [0, 0.05) is 38.3 Å². The third-order valence-corrected chi connectivity index (χ3v) is 4.97. The van der Waals surface area contributed by atoms with Crippen molar-refractivity contribution in [3.63, 3.8) is 0 Å². The summed E-state index contributed by atoms with van der Waals surface area (Å²) in [7, 11) is 0. The lowest BCUT2D eigenvalue weighted by atomic mass is 9.83. The Morgan fingerprint density at radius 1 is 1.24 bits per heavy atom. The van der Waals surface area contributed by atoms with E-state index in [0.29, 0.717) is 17.5 Å². The first-order valence-corrected chi connectivity index (χ1v) is 8.95. The average molecular weight is 299 g/mol. The van der Waals surface area contributed by atoms with Crippen molar-refractivity contribution in [3.8, 4) is 0 Å². The van der Waals surface area contributed by atoms with Gasteiger partial charge in [0.05, 0.1) is 6.61 Å². The van der Waals surface area contributed by atoms with Crippen LogP contribution in [0, 0.1) is 11.3 Å². The van der Waals surface area contributed by atoms with Gasteiger partial charge in [-0.3, -0.25) is 4.90 Å². The Labute approximate surface area is 132 Å². The van der Waals surface area contributed by atoms with Crippen LogP contribution in [0.2, 0.25) is 0 Å². The summed E-state index contributed by atoms with van der Waals surface area (Å²) in [5, 5.41) is 3.78. The van der Waals surface area contributed by atoms with Crippen LogP contribution in [0.25, 0.3) is 0 Å². The number of unbranched alkanes of at least 4 members (excludes halogenated alkanes) is 1. The third kappa shape index (κ3) is 6.25. The van der Waals surface area contributed by atoms with Crippen molar-refractivity contribution in [2.75, 3.05) is 32.8 Å². The summed E-state index contributed by atoms with van der Waals surface area (Å²) in [6.45, 7) is 19.0. The molecule has 1 fully saturated rings. The number of hydrogen-bond acceptors (Lipinski definition) is 3. The summed E-state index contributed by atoms with van der Waals surface area (Å²) >= 11 is 0. The van der Waals surface area contributed by atoms with Crippen molar-refractivity contribution in [1.82, 2.24) is 10.2 Å². The summed E-state index contributed by atoms with van der Waals surface area (Å²) in [6, 6.07) is 1.23. The number of nitrogens with one attached hydrogen (secondary N) is 1. The predicted octanol–water partition coefficient (Wildman–Crippen LogP) is 3.54. The number of hydrogen-bond donors (Lipinski definition) is 1. The van der Waals surface area contributed by atoms with Gasteiger partial charge in [-0.25, -0.2) is 0 Å². The van der Waals surface area contributed by atoms with Gasteiger partial charge in [-0.2, -0.15) is 0 Å². The molecule has 126 valence electrons. The normalized spacial score (nSPS) is 26.0. The van der Waals surface area contributed by atoms with E-state index in [9.17, 15) is 0 Å². The molecule has 1 heterocycles. The lowest BCUT2D eigenvalue weighted by molar-refractivity contribution is 0.0276. The molecular formula is C18H38N2O. The standard InChI is InChI=1S/C18H38N2O/c1-7-9-11-21-12-10-20-14-17(18(4,5)6)19-13-16(20)15(3)8-2/h15-17,19H,7-14H2,1-6H3. The first-order chi connectivity index (χ1) is 9.90. The predicted molar refractivity (Wildman–Crippen MR) is 91.8 cm³/mol. The van der Waals surface area contributed by atoms with E-state index in [1.165, 1.54) is 19.3 Å². The highest BCUT2D eigenvalue weighted by atomic mass is 16.5. The van der Waals surface area contributed by atoms with Crippen LogP contribution in [-0.2, 0) is 4.74 Å². The lowest BCUT2D eigenvalue weighted by Crippen LogP contribution is -2.62. The molecule has 0 spiro atoms. The van der Waals surface area contributed by atoms with E-state index in [1.54, 1.807) is 0 Å². The summed E-state index contributed by atoms with van der Waals surface area (Å²) in [5.74, 6) is 0.745. The van der Waals surface area contributed by atoms with E-state index in [1.807, 2.05) is 0 Å². The van der Waals surface area contributed by atoms with Crippen molar-refractivity contribution in [3.05, 3.63) is 0 Å². The highest BCUT2D eigenvalue weighted by molar-refractivity contribution is 4.93. The Kier molecular flexibility index (Phi) is 8.22. The molecule has 0 radical (unpaired) electrons. The van der Waals surface area contributed by atoms with Gasteiger partial charge < -0.3 is 10.1 Å². The van der Waals surface area contributed by atoms with E-state index in [2.05, 4.69) is 51.8 Å². The van der Waals surface area contributed by atoms with Crippen LogP contribution in [0.5, 0.6) is 0 Å². The number of ether oxygens (including phenoxy) is 1. The molecule has 0 amide bonds. The Bertz CT molecular complexity index is 275. The summed E-state index contributed by atoms with van der Waals surface area (Å²) < 4.78 is 5.80. The second-order valence-electron chi connectivity index (χ2n) is 7.74. The van der Waals surface area contributed by atoms with Gasteiger partial charge in [-0.1, -0.05) is 54.4 Å². The molecule has 0 aromatic carbocycles. The van der Waals surface area contributed by atoms with E-state index >= 15 is 0 Å². The molecular weight excluding hydrogens is 260 g/mol. The van der Waals surface area contributed by atoms with Crippen molar-refractivity contribution in [2.45, 2.75) is 72.9 Å². The van der Waals surface area contributed by atoms with E-state index in [4.69, 9.17) is 4.74 Å². The zero-order chi connectivity index (χ0) is 15.9. The Hall–Kier alpha value is -0.120. The van der Waals surface area contributed by atoms with E-state index < -0.39 is 0 Å². The van der Waals surface area contributed by atoms with Crippen molar-refractivity contribution < 1.29 is 4.74 Å². The van der Waals surface area contributed by atoms with Gasteiger partial charge in [0.1, 0.15) is 0 Å². The maximum Gasteiger partial charge on any atom is 0.0593 e. The molecule has 1 aliphatic heterocycles. The first-order valence-electron chi connectivity index (χ1n) is 8.95. The SMILES string of the molecule is CCCCOCCN1CC(C(C)(C)C)NCC1C(C)CC. The highest BCUT2D eigenvalue weighted by Crippen LogP contribution is 2.26. The van der Waals surface area contributed by atoms with Crippen LogP contribution < -0.4 is 5.32 Å². The molecule has 0 saturated carbocycles. The molecule has 1 aliphatic rings. The second-order valence-corrected chi connectivity index (χ2v) is 7.74. The van der Waals surface area contributed by atoms with E-state index in [-0.39, 0.29) is 0 Å². The van der Waals surface area contributed by atoms with Crippen LogP contribution in [0.1, 0.15) is 60.8 Å². The zero-order valence-electron chi connectivity index (χ0n) is 15.2. The molecule has 1 N–H and O–H groups in total. The van der Waals surface area contributed by atoms with Crippen molar-refractivity contribution in [2.24, 2.45) is 11.3 Å². The van der Waals surface area contributed by atoms with E-state index in [0.717, 1.165) is 38.8 Å². The largest absolute Gasteiger partial charge is 0.380 e. The summed E-state index contributed by atoms with van der Waals surface area (Å²) in [4.78, 5) is 2.67. The molecule has 3 unspecified atom stereocenters. The molecule has 3 nitrogen and oxygen atoms in total. The monoisotopic (exact) mass is 298 g/mol. The lowest BCUT2D eigenvalue weighted by Gasteiger charge is -2.47. The molecule has 0 aliphatic carbocycles. The third-order valence-electron chi connectivity index (χ3n) is 4.97. The number of nitrogens with zero attached hydrogens (tertiary/aromatic N) is 1. The van der Waals surface area contributed by atoms with Crippen LogP contribution in [0.4, 0.5) is 0 Å². The van der Waals surface area contributed by atoms with Gasteiger partial charge >= 0.3 is 0 Å². The van der Waals surface area contributed by atoms with Crippen LogP contribution in [0.3, 0.4) is 0 Å². The fourth-order valence-electron chi connectivity index (χ4n) is 3.03. The topological polar surface area (TPSA) is 24.5 Å². The number of piperazine rings is 1. The second kappa shape index (κ2) is 9.12. The maximum atomic E-state index is 5.80. The van der Waals surface area contributed by atoms with Crippen LogP contribution in [0.15, 0.2) is 0 Å². The minimum Gasteiger partial charge on any atom is -0.380 e. The van der Waals surface area contributed by atoms with Gasteiger partial charge in [0.15, 0.2) is 0 Å². The Morgan fingerprint density at radius 2 is 1.95 bits per heavy atom. The molecule has 3 atom stereocenters. The van der Waals surface area contributed by atoms with Gasteiger partial charge in [-0.15, -0.1) is 0 Å². The quantitative estimate of drug-likeness (QED) is 0.694. The maximum absolute atomic E-state index is 5.80. The van der Waals surface area contributed by atoms with Gasteiger partial charge in [-0.05, 0) is 17.8 Å². The molecule has 0 bridgehead atoms. The van der Waals surface area contributed by atoms with Gasteiger partial charge in [0.25, 0.3) is 0 Å². The van der Waals surface area contributed by atoms with Crippen molar-refractivity contribution in [1.29, 1.82) is 0 Å². The molecule has 0 aromatic heterocycles. The Morgan fingerprint density at radius 3 is 2.52 bits per heavy atom. The molecule has 3 heteroatoms. The molecule has 21 heavy (non-hydrogen) atoms. The Balaban J connectivity index is 2.52. The van der Waals surface area contributed by atoms with Crippen LogP contribution >= 0.6 is 0 Å². The molecule has 1 saturated heterocycles. The summed E-state index contributed by atoms with van der Waals surface area (Å²) in [5.41, 5.74) is 0.321. The minimum absolute atomic E-state index is 0.321. The highest BCUT2D eigenvalue weighted by Gasteiger charge is 2.35. The first kappa shape index (κ1) is 18.9. The zero-order valence-corrected chi connectivity index (χ0v) is 15.2. The fraction of sp³-hybridized carbons (Fsp3) is 1.00. The van der Waals surface area contributed by atoms with Crippen LogP contribution in [-0.4, -0.2) is 49.8 Å². The fourth-order valence-corrected chi connectivity index (χ4v) is 3.03.